The van der Waals surface area contributed by atoms with Gasteiger partial charge in [-0.05, 0) is 0 Å². The van der Waals surface area contributed by atoms with E-state index in [4.69, 9.17) is 0 Å². The largest absolute Gasteiger partial charge is 0.464 e. The lowest BCUT2D eigenvalue weighted by Crippen LogP contribution is -2.25. The molecule has 0 atom stereocenters. The van der Waals surface area contributed by atoms with E-state index >= 15 is 0 Å². The van der Waals surface area contributed by atoms with E-state index in [1.165, 1.54) is 18.1 Å². The molecule has 0 aliphatic carbocycles. The highest BCUT2D eigenvalue weighted by atomic mass is 127. The molecular weight excluding hydrogens is 261 g/mol. The van der Waals surface area contributed by atoms with Gasteiger partial charge < -0.3 is 10.1 Å². The van der Waals surface area contributed by atoms with Crippen LogP contribution in [0.1, 0.15) is 6.92 Å². The molecule has 0 unspecified atom stereocenters. The molecule has 0 aromatic carbocycles. The Balaban J connectivity index is 4.20. The Bertz CT molecular complexity index is 200. The van der Waals surface area contributed by atoms with E-state index in [-0.39, 0.29) is 11.6 Å². The van der Waals surface area contributed by atoms with E-state index in [1.54, 1.807) is 0 Å². The quantitative estimate of drug-likeness (QED) is 0.453. The van der Waals surface area contributed by atoms with Crippen LogP contribution in [0.15, 0.2) is 9.78 Å². The van der Waals surface area contributed by atoms with Gasteiger partial charge in [0, 0.05) is 11.0 Å². The summed E-state index contributed by atoms with van der Waals surface area (Å²) in [6.45, 7) is 1.32. The molecule has 0 aliphatic heterocycles. The Morgan fingerprint density at radius 2 is 2.09 bits per heavy atom. The van der Waals surface area contributed by atoms with E-state index in [9.17, 15) is 9.59 Å². The van der Waals surface area contributed by atoms with Crippen LogP contribution in [0.3, 0.4) is 0 Å². The highest BCUT2D eigenvalue weighted by molar-refractivity contribution is 14.1. The molecular formula is C6H8INO3. The fourth-order valence-electron chi connectivity index (χ4n) is 0.422. The lowest BCUT2D eigenvalue weighted by Gasteiger charge is -2.02. The number of rotatable bonds is 2. The molecule has 0 aromatic rings. The average Bonchev–Trinajstić information content (AvgIpc) is 1.98. The van der Waals surface area contributed by atoms with Crippen LogP contribution in [-0.2, 0) is 14.3 Å². The van der Waals surface area contributed by atoms with Crippen molar-refractivity contribution in [1.82, 2.24) is 5.32 Å². The summed E-state index contributed by atoms with van der Waals surface area (Å²) in [4.78, 5) is 21.2. The summed E-state index contributed by atoms with van der Waals surface area (Å²) in [7, 11) is 1.25. The first-order valence-electron chi connectivity index (χ1n) is 2.78. The minimum absolute atomic E-state index is 0.153. The van der Waals surface area contributed by atoms with Crippen molar-refractivity contribution >= 4 is 34.5 Å². The third-order valence-electron chi connectivity index (χ3n) is 0.825. The minimum atomic E-state index is -0.547. The standard InChI is InChI=1S/C6H8INO3/c1-4(9)8-5(3-7)6(10)11-2/h3H,1-2H3,(H,8,9)/b5-3+. The molecule has 0 rings (SSSR count). The van der Waals surface area contributed by atoms with E-state index in [0.717, 1.165) is 0 Å². The second-order valence-corrected chi connectivity index (χ2v) is 2.32. The summed E-state index contributed by atoms with van der Waals surface area (Å²) in [5, 5.41) is 2.32. The monoisotopic (exact) mass is 269 g/mol. The molecule has 0 radical (unpaired) electrons. The van der Waals surface area contributed by atoms with Gasteiger partial charge in [-0.2, -0.15) is 0 Å². The van der Waals surface area contributed by atoms with Gasteiger partial charge in [-0.25, -0.2) is 4.79 Å². The molecule has 0 heterocycles. The average molecular weight is 269 g/mol. The van der Waals surface area contributed by atoms with Crippen molar-refractivity contribution in [1.29, 1.82) is 0 Å². The lowest BCUT2D eigenvalue weighted by molar-refractivity contribution is -0.137. The zero-order valence-corrected chi connectivity index (χ0v) is 8.34. The summed E-state index contributed by atoms with van der Waals surface area (Å²) in [5.41, 5.74) is 0.153. The van der Waals surface area contributed by atoms with Gasteiger partial charge in [0.25, 0.3) is 0 Å². The number of carbonyl (C=O) groups is 2. The van der Waals surface area contributed by atoms with E-state index in [1.807, 2.05) is 22.6 Å². The van der Waals surface area contributed by atoms with E-state index in [2.05, 4.69) is 10.1 Å². The number of esters is 1. The zero-order valence-electron chi connectivity index (χ0n) is 6.18. The van der Waals surface area contributed by atoms with Crippen LogP contribution in [0.4, 0.5) is 0 Å². The van der Waals surface area contributed by atoms with Gasteiger partial charge in [-0.15, -0.1) is 0 Å². The second-order valence-electron chi connectivity index (χ2n) is 1.70. The van der Waals surface area contributed by atoms with Crippen molar-refractivity contribution in [3.8, 4) is 0 Å². The van der Waals surface area contributed by atoms with Crippen molar-refractivity contribution in [2.75, 3.05) is 7.11 Å². The molecule has 62 valence electrons. The summed E-state index contributed by atoms with van der Waals surface area (Å²) < 4.78 is 5.83. The second kappa shape index (κ2) is 5.11. The first-order chi connectivity index (χ1) is 5.11. The highest BCUT2D eigenvalue weighted by Crippen LogP contribution is 1.97. The summed E-state index contributed by atoms with van der Waals surface area (Å²) in [6.07, 6.45) is 0. The van der Waals surface area contributed by atoms with Gasteiger partial charge in [0.05, 0.1) is 7.11 Å². The number of ether oxygens (including phenoxy) is 1. The Kier molecular flexibility index (Phi) is 4.84. The third-order valence-corrected chi connectivity index (χ3v) is 1.45. The Morgan fingerprint density at radius 1 is 1.55 bits per heavy atom. The number of hydrogen-bond donors (Lipinski definition) is 1. The molecule has 0 aromatic heterocycles. The first-order valence-corrected chi connectivity index (χ1v) is 4.02. The number of hydrogen-bond acceptors (Lipinski definition) is 3. The van der Waals surface area contributed by atoms with Crippen LogP contribution in [-0.4, -0.2) is 19.0 Å². The van der Waals surface area contributed by atoms with Gasteiger partial charge in [0.2, 0.25) is 5.91 Å². The van der Waals surface area contributed by atoms with Crippen LogP contribution < -0.4 is 5.32 Å². The number of nitrogens with one attached hydrogen (secondary N) is 1. The molecule has 0 fully saturated rings. The van der Waals surface area contributed by atoms with E-state index in [0.29, 0.717) is 0 Å². The maximum absolute atomic E-state index is 10.8. The Labute approximate surface area is 78.1 Å². The molecule has 4 nitrogen and oxygen atoms in total. The lowest BCUT2D eigenvalue weighted by atomic mass is 10.5. The van der Waals surface area contributed by atoms with Crippen molar-refractivity contribution < 1.29 is 14.3 Å². The van der Waals surface area contributed by atoms with Crippen LogP contribution >= 0.6 is 22.6 Å². The molecule has 0 spiro atoms. The van der Waals surface area contributed by atoms with Gasteiger partial charge >= 0.3 is 5.97 Å². The normalized spacial score (nSPS) is 10.6. The summed E-state index contributed by atoms with van der Waals surface area (Å²) in [5.74, 6) is -0.840. The molecule has 0 saturated carbocycles. The molecule has 1 amide bonds. The predicted molar refractivity (Wildman–Crippen MR) is 47.9 cm³/mol. The van der Waals surface area contributed by atoms with Crippen molar-refractivity contribution in [2.24, 2.45) is 0 Å². The van der Waals surface area contributed by atoms with Crippen molar-refractivity contribution in [2.45, 2.75) is 6.92 Å². The fourth-order valence-corrected chi connectivity index (χ4v) is 0.832. The van der Waals surface area contributed by atoms with Gasteiger partial charge in [0.15, 0.2) is 0 Å². The number of methoxy groups -OCH3 is 1. The highest BCUT2D eigenvalue weighted by Gasteiger charge is 2.08. The van der Waals surface area contributed by atoms with Crippen LogP contribution in [0.5, 0.6) is 0 Å². The van der Waals surface area contributed by atoms with Crippen LogP contribution in [0.2, 0.25) is 0 Å². The summed E-state index contributed by atoms with van der Waals surface area (Å²) in [6, 6.07) is 0. The topological polar surface area (TPSA) is 55.4 Å². The molecule has 1 N–H and O–H groups in total. The van der Waals surface area contributed by atoms with Gasteiger partial charge in [-0.1, -0.05) is 22.6 Å². The number of carbonyl (C=O) groups excluding carboxylic acids is 2. The van der Waals surface area contributed by atoms with E-state index < -0.39 is 5.97 Å². The van der Waals surface area contributed by atoms with Crippen LogP contribution in [0.25, 0.3) is 0 Å². The zero-order chi connectivity index (χ0) is 8.85. The molecule has 5 heteroatoms. The maximum Gasteiger partial charge on any atom is 0.355 e. The Morgan fingerprint density at radius 3 is 2.36 bits per heavy atom. The van der Waals surface area contributed by atoms with Crippen LogP contribution in [0, 0.1) is 0 Å². The molecule has 0 bridgehead atoms. The smallest absolute Gasteiger partial charge is 0.355 e. The predicted octanol–water partition coefficient (Wildman–Crippen LogP) is 0.572. The molecule has 11 heavy (non-hydrogen) atoms. The van der Waals surface area contributed by atoms with Gasteiger partial charge in [-0.3, -0.25) is 4.79 Å². The fraction of sp³-hybridized carbons (Fsp3) is 0.333. The maximum atomic E-state index is 10.8. The number of amides is 1. The van der Waals surface area contributed by atoms with Crippen molar-refractivity contribution in [3.63, 3.8) is 0 Å². The molecule has 0 aliphatic rings. The summed E-state index contributed by atoms with van der Waals surface area (Å²) >= 11 is 1.84. The number of halogens is 1. The SMILES string of the molecule is COC(=O)/C(=C\I)NC(C)=O. The van der Waals surface area contributed by atoms with Crippen molar-refractivity contribution in [3.05, 3.63) is 9.78 Å². The van der Waals surface area contributed by atoms with Gasteiger partial charge in [0.1, 0.15) is 5.70 Å². The first kappa shape index (κ1) is 10.4. The minimum Gasteiger partial charge on any atom is -0.464 e. The molecule has 0 saturated heterocycles. The Hall–Kier alpha value is -0.590. The third kappa shape index (κ3) is 3.97.